The first-order chi connectivity index (χ1) is 7.02. The summed E-state index contributed by atoms with van der Waals surface area (Å²) in [5, 5.41) is 2.15. The molecule has 0 aliphatic rings. The Labute approximate surface area is 94.8 Å². The number of alkyl halides is 2. The van der Waals surface area contributed by atoms with Gasteiger partial charge in [0.05, 0.1) is 12.1 Å². The number of nitrogens with one attached hydrogen (secondary N) is 1. The van der Waals surface area contributed by atoms with E-state index in [-0.39, 0.29) is 0 Å². The molecule has 0 radical (unpaired) electrons. The SMILES string of the molecule is Cc1cccc(C(=O)NCC(F)F)c1Br. The van der Waals surface area contributed by atoms with E-state index in [4.69, 9.17) is 0 Å². The Balaban J connectivity index is 2.78. The van der Waals surface area contributed by atoms with Crippen LogP contribution in [0, 0.1) is 6.92 Å². The van der Waals surface area contributed by atoms with Crippen LogP contribution in [0.5, 0.6) is 0 Å². The van der Waals surface area contributed by atoms with Crippen molar-refractivity contribution in [2.45, 2.75) is 13.3 Å². The molecule has 15 heavy (non-hydrogen) atoms. The van der Waals surface area contributed by atoms with Gasteiger partial charge in [0.15, 0.2) is 0 Å². The van der Waals surface area contributed by atoms with Gasteiger partial charge in [0.1, 0.15) is 0 Å². The first kappa shape index (κ1) is 12.1. The Kier molecular flexibility index (Phi) is 4.20. The van der Waals surface area contributed by atoms with Crippen molar-refractivity contribution in [3.63, 3.8) is 0 Å². The number of hydrogen-bond donors (Lipinski definition) is 1. The summed E-state index contributed by atoms with van der Waals surface area (Å²) in [6.45, 7) is 1.20. The van der Waals surface area contributed by atoms with Gasteiger partial charge in [-0.2, -0.15) is 0 Å². The summed E-state index contributed by atoms with van der Waals surface area (Å²) < 4.78 is 24.4. The molecule has 0 fully saturated rings. The number of amides is 1. The monoisotopic (exact) mass is 277 g/mol. The van der Waals surface area contributed by atoms with Gasteiger partial charge in [0.2, 0.25) is 0 Å². The zero-order valence-corrected chi connectivity index (χ0v) is 9.64. The summed E-state index contributed by atoms with van der Waals surface area (Å²) in [6, 6.07) is 5.11. The van der Waals surface area contributed by atoms with Crippen molar-refractivity contribution in [2.75, 3.05) is 6.54 Å². The second kappa shape index (κ2) is 5.21. The standard InChI is InChI=1S/C10H10BrF2NO/c1-6-3-2-4-7(9(6)11)10(15)14-5-8(12)13/h2-4,8H,5H2,1H3,(H,14,15). The van der Waals surface area contributed by atoms with Crippen molar-refractivity contribution in [3.05, 3.63) is 33.8 Å². The van der Waals surface area contributed by atoms with Gasteiger partial charge in [-0.15, -0.1) is 0 Å². The topological polar surface area (TPSA) is 29.1 Å². The summed E-state index contributed by atoms with van der Waals surface area (Å²) in [5.74, 6) is -0.495. The van der Waals surface area contributed by atoms with E-state index in [9.17, 15) is 13.6 Å². The summed E-state index contributed by atoms with van der Waals surface area (Å²) in [5.41, 5.74) is 1.26. The molecule has 82 valence electrons. The minimum atomic E-state index is -2.53. The maximum atomic E-state index is 11.9. The lowest BCUT2D eigenvalue weighted by Gasteiger charge is -2.07. The lowest BCUT2D eigenvalue weighted by Crippen LogP contribution is -2.28. The molecule has 2 nitrogen and oxygen atoms in total. The van der Waals surface area contributed by atoms with E-state index in [2.05, 4.69) is 21.2 Å². The zero-order chi connectivity index (χ0) is 11.4. The molecule has 0 saturated carbocycles. The highest BCUT2D eigenvalue weighted by atomic mass is 79.9. The van der Waals surface area contributed by atoms with Crippen LogP contribution >= 0.6 is 15.9 Å². The Hall–Kier alpha value is -0.970. The number of benzene rings is 1. The fraction of sp³-hybridized carbons (Fsp3) is 0.300. The van der Waals surface area contributed by atoms with Gasteiger partial charge in [-0.1, -0.05) is 12.1 Å². The largest absolute Gasteiger partial charge is 0.346 e. The maximum Gasteiger partial charge on any atom is 0.255 e. The zero-order valence-electron chi connectivity index (χ0n) is 8.06. The van der Waals surface area contributed by atoms with Crippen LogP contribution in [0.25, 0.3) is 0 Å². The molecule has 0 spiro atoms. The number of hydrogen-bond acceptors (Lipinski definition) is 1. The van der Waals surface area contributed by atoms with Gasteiger partial charge in [0.25, 0.3) is 12.3 Å². The van der Waals surface area contributed by atoms with Crippen LogP contribution in [-0.2, 0) is 0 Å². The summed E-state index contributed by atoms with van der Waals surface area (Å²) >= 11 is 3.24. The number of rotatable bonds is 3. The Morgan fingerprint density at radius 3 is 2.80 bits per heavy atom. The molecule has 1 amide bonds. The average Bonchev–Trinajstić information content (AvgIpc) is 2.18. The number of carbonyl (C=O) groups is 1. The van der Waals surface area contributed by atoms with E-state index in [1.165, 1.54) is 0 Å². The molecule has 0 atom stereocenters. The average molecular weight is 278 g/mol. The third-order valence-electron chi connectivity index (χ3n) is 1.85. The minimum absolute atomic E-state index is 0.371. The maximum absolute atomic E-state index is 11.9. The number of carbonyl (C=O) groups excluding carboxylic acids is 1. The van der Waals surface area contributed by atoms with Crippen molar-refractivity contribution in [1.82, 2.24) is 5.32 Å². The Morgan fingerprint density at radius 2 is 2.20 bits per heavy atom. The predicted octanol–water partition coefficient (Wildman–Crippen LogP) is 2.75. The van der Waals surface area contributed by atoms with Gasteiger partial charge < -0.3 is 5.32 Å². The fourth-order valence-electron chi connectivity index (χ4n) is 1.09. The molecule has 0 aliphatic carbocycles. The minimum Gasteiger partial charge on any atom is -0.346 e. The smallest absolute Gasteiger partial charge is 0.255 e. The van der Waals surface area contributed by atoms with Gasteiger partial charge in [-0.3, -0.25) is 4.79 Å². The lowest BCUT2D eigenvalue weighted by molar-refractivity contribution is 0.0891. The van der Waals surface area contributed by atoms with Gasteiger partial charge in [-0.25, -0.2) is 8.78 Å². The summed E-state index contributed by atoms with van der Waals surface area (Å²) in [7, 11) is 0. The molecule has 1 rings (SSSR count). The molecule has 0 aliphatic heterocycles. The highest BCUT2D eigenvalue weighted by Crippen LogP contribution is 2.20. The summed E-state index contributed by atoms with van der Waals surface area (Å²) in [4.78, 5) is 11.4. The van der Waals surface area contributed by atoms with Crippen molar-refractivity contribution >= 4 is 21.8 Å². The van der Waals surface area contributed by atoms with E-state index >= 15 is 0 Å². The van der Waals surface area contributed by atoms with Crippen LogP contribution in [0.1, 0.15) is 15.9 Å². The molecule has 0 heterocycles. The normalized spacial score (nSPS) is 10.5. The van der Waals surface area contributed by atoms with Crippen LogP contribution in [-0.4, -0.2) is 18.9 Å². The number of halogens is 3. The van der Waals surface area contributed by atoms with E-state index < -0.39 is 18.9 Å². The number of aryl methyl sites for hydroxylation is 1. The first-order valence-electron chi connectivity index (χ1n) is 4.34. The van der Waals surface area contributed by atoms with Crippen LogP contribution in [0.2, 0.25) is 0 Å². The molecular weight excluding hydrogens is 268 g/mol. The predicted molar refractivity (Wildman–Crippen MR) is 57.2 cm³/mol. The van der Waals surface area contributed by atoms with Crippen molar-refractivity contribution in [1.29, 1.82) is 0 Å². The van der Waals surface area contributed by atoms with E-state index in [1.807, 2.05) is 13.0 Å². The lowest BCUT2D eigenvalue weighted by atomic mass is 10.1. The van der Waals surface area contributed by atoms with E-state index in [0.717, 1.165) is 5.56 Å². The fourth-order valence-corrected chi connectivity index (χ4v) is 1.53. The van der Waals surface area contributed by atoms with E-state index in [0.29, 0.717) is 10.0 Å². The summed E-state index contributed by atoms with van der Waals surface area (Å²) in [6.07, 6.45) is -2.53. The Bertz CT molecular complexity index is 368. The van der Waals surface area contributed by atoms with E-state index in [1.54, 1.807) is 12.1 Å². The van der Waals surface area contributed by atoms with Crippen molar-refractivity contribution in [3.8, 4) is 0 Å². The van der Waals surface area contributed by atoms with Crippen molar-refractivity contribution < 1.29 is 13.6 Å². The molecule has 0 bridgehead atoms. The van der Waals surface area contributed by atoms with Gasteiger partial charge in [0, 0.05) is 4.47 Å². The Morgan fingerprint density at radius 1 is 1.53 bits per heavy atom. The highest BCUT2D eigenvalue weighted by Gasteiger charge is 2.12. The van der Waals surface area contributed by atoms with Crippen LogP contribution in [0.15, 0.2) is 22.7 Å². The van der Waals surface area contributed by atoms with Gasteiger partial charge in [-0.05, 0) is 34.5 Å². The van der Waals surface area contributed by atoms with Crippen molar-refractivity contribution in [2.24, 2.45) is 0 Å². The molecule has 1 aromatic carbocycles. The third-order valence-corrected chi connectivity index (χ3v) is 2.91. The molecule has 0 unspecified atom stereocenters. The third kappa shape index (κ3) is 3.27. The molecule has 1 N–H and O–H groups in total. The first-order valence-corrected chi connectivity index (χ1v) is 5.13. The molecular formula is C10H10BrF2NO. The molecule has 5 heteroatoms. The molecule has 0 saturated heterocycles. The second-order valence-electron chi connectivity index (χ2n) is 3.04. The highest BCUT2D eigenvalue weighted by molar-refractivity contribution is 9.10. The van der Waals surface area contributed by atoms with Crippen LogP contribution in [0.4, 0.5) is 8.78 Å². The molecule has 1 aromatic rings. The van der Waals surface area contributed by atoms with Crippen LogP contribution in [0.3, 0.4) is 0 Å². The molecule has 0 aromatic heterocycles. The van der Waals surface area contributed by atoms with Gasteiger partial charge >= 0.3 is 0 Å². The second-order valence-corrected chi connectivity index (χ2v) is 3.83. The quantitative estimate of drug-likeness (QED) is 0.905. The van der Waals surface area contributed by atoms with Crippen LogP contribution < -0.4 is 5.32 Å².